The molecule has 0 amide bonds. The van der Waals surface area contributed by atoms with Crippen LogP contribution in [-0.4, -0.2) is 36.2 Å². The molecule has 1 heterocycles. The number of pyridine rings is 1. The van der Waals surface area contributed by atoms with Crippen molar-refractivity contribution in [1.82, 2.24) is 4.98 Å². The van der Waals surface area contributed by atoms with Crippen molar-refractivity contribution in [2.24, 2.45) is 5.92 Å². The Morgan fingerprint density at radius 2 is 2.10 bits per heavy atom. The molecule has 0 bridgehead atoms. The van der Waals surface area contributed by atoms with Crippen molar-refractivity contribution in [3.63, 3.8) is 0 Å². The summed E-state index contributed by atoms with van der Waals surface area (Å²) in [7, 11) is 3.88. The quantitative estimate of drug-likeness (QED) is 0.684. The van der Waals surface area contributed by atoms with E-state index < -0.39 is 11.9 Å². The van der Waals surface area contributed by atoms with Crippen LogP contribution in [0.3, 0.4) is 0 Å². The first-order valence-corrected chi connectivity index (χ1v) is 7.58. The Morgan fingerprint density at radius 1 is 1.38 bits per heavy atom. The second-order valence-electron chi connectivity index (χ2n) is 5.67. The van der Waals surface area contributed by atoms with Gasteiger partial charge in [0.15, 0.2) is 0 Å². The number of nitrogens with one attached hydrogen (secondary N) is 1. The van der Waals surface area contributed by atoms with E-state index in [4.69, 9.17) is 0 Å². The second-order valence-corrected chi connectivity index (χ2v) is 5.67. The van der Waals surface area contributed by atoms with Crippen LogP contribution in [-0.2, 0) is 4.79 Å². The van der Waals surface area contributed by atoms with Crippen LogP contribution in [0.25, 0.3) is 0 Å². The predicted molar refractivity (Wildman–Crippen MR) is 86.9 cm³/mol. The van der Waals surface area contributed by atoms with Gasteiger partial charge >= 0.3 is 5.97 Å². The average Bonchev–Trinajstić information content (AvgIpc) is 2.46. The van der Waals surface area contributed by atoms with E-state index in [0.29, 0.717) is 0 Å². The number of carboxylic acid groups (broad SMARTS) is 1. The van der Waals surface area contributed by atoms with Crippen molar-refractivity contribution in [3.8, 4) is 0 Å². The van der Waals surface area contributed by atoms with Crippen LogP contribution < -0.4 is 10.2 Å². The molecule has 2 unspecified atom stereocenters. The Balaban J connectivity index is 2.72. The van der Waals surface area contributed by atoms with Crippen LogP contribution in [0.1, 0.15) is 39.5 Å². The Hall–Kier alpha value is -1.78. The number of unbranched alkanes of at least 4 members (excludes halogenated alkanes) is 2. The highest BCUT2D eigenvalue weighted by atomic mass is 16.4. The molecule has 2 N–H and O–H groups in total. The number of rotatable bonds is 9. The third kappa shape index (κ3) is 5.61. The molecule has 0 saturated heterocycles. The molecule has 5 heteroatoms. The van der Waals surface area contributed by atoms with E-state index in [9.17, 15) is 9.90 Å². The molecule has 0 spiro atoms. The van der Waals surface area contributed by atoms with E-state index in [-0.39, 0.29) is 6.04 Å². The van der Waals surface area contributed by atoms with Gasteiger partial charge in [0, 0.05) is 20.1 Å². The van der Waals surface area contributed by atoms with Crippen LogP contribution in [0, 0.1) is 5.92 Å². The Morgan fingerprint density at radius 3 is 2.57 bits per heavy atom. The lowest BCUT2D eigenvalue weighted by molar-refractivity contribution is -0.141. The summed E-state index contributed by atoms with van der Waals surface area (Å²) in [5, 5.41) is 12.6. The minimum Gasteiger partial charge on any atom is -0.481 e. The van der Waals surface area contributed by atoms with Crippen molar-refractivity contribution < 1.29 is 9.90 Å². The lowest BCUT2D eigenvalue weighted by atomic mass is 9.96. The van der Waals surface area contributed by atoms with Crippen molar-refractivity contribution >= 4 is 17.5 Å². The summed E-state index contributed by atoms with van der Waals surface area (Å²) in [5.74, 6) is -0.299. The SMILES string of the molecule is CCCCCC(Nc1ccc(N(C)C)nc1)C(C)C(=O)O. The van der Waals surface area contributed by atoms with Crippen molar-refractivity contribution in [1.29, 1.82) is 0 Å². The highest BCUT2D eigenvalue weighted by molar-refractivity contribution is 5.71. The minimum atomic E-state index is -0.762. The van der Waals surface area contributed by atoms with Crippen LogP contribution in [0.5, 0.6) is 0 Å². The fourth-order valence-corrected chi connectivity index (χ4v) is 2.18. The first-order chi connectivity index (χ1) is 9.95. The average molecular weight is 293 g/mol. The van der Waals surface area contributed by atoms with Gasteiger partial charge < -0.3 is 15.3 Å². The standard InChI is InChI=1S/C16H27N3O2/c1-5-6-7-8-14(12(2)16(20)21)18-13-9-10-15(17-11-13)19(3)4/h9-12,14,18H,5-8H2,1-4H3,(H,20,21). The second kappa shape index (κ2) is 8.49. The molecule has 1 aromatic heterocycles. The van der Waals surface area contributed by atoms with Crippen molar-refractivity contribution in [2.75, 3.05) is 24.3 Å². The zero-order valence-corrected chi connectivity index (χ0v) is 13.5. The molecule has 0 aliphatic heterocycles. The van der Waals surface area contributed by atoms with Gasteiger partial charge in [0.05, 0.1) is 17.8 Å². The third-order valence-electron chi connectivity index (χ3n) is 3.67. The molecular weight excluding hydrogens is 266 g/mol. The van der Waals surface area contributed by atoms with Crippen molar-refractivity contribution in [3.05, 3.63) is 18.3 Å². The van der Waals surface area contributed by atoms with E-state index in [0.717, 1.165) is 37.2 Å². The molecule has 0 fully saturated rings. The van der Waals surface area contributed by atoms with Crippen LogP contribution in [0.2, 0.25) is 0 Å². The highest BCUT2D eigenvalue weighted by Crippen LogP contribution is 2.19. The lowest BCUT2D eigenvalue weighted by Crippen LogP contribution is -2.32. The summed E-state index contributed by atoms with van der Waals surface area (Å²) in [4.78, 5) is 17.5. The molecular formula is C16H27N3O2. The minimum absolute atomic E-state index is 0.0685. The van der Waals surface area contributed by atoms with E-state index >= 15 is 0 Å². The van der Waals surface area contributed by atoms with E-state index in [2.05, 4.69) is 17.2 Å². The van der Waals surface area contributed by atoms with Gasteiger partial charge in [-0.05, 0) is 25.5 Å². The summed E-state index contributed by atoms with van der Waals surface area (Å²) in [6.07, 6.45) is 5.91. The van der Waals surface area contributed by atoms with Gasteiger partial charge in [0.1, 0.15) is 5.82 Å². The molecule has 21 heavy (non-hydrogen) atoms. The van der Waals surface area contributed by atoms with Gasteiger partial charge in [-0.1, -0.05) is 26.2 Å². The maximum Gasteiger partial charge on any atom is 0.308 e. The molecule has 0 saturated carbocycles. The van der Waals surface area contributed by atoms with E-state index in [1.54, 1.807) is 13.1 Å². The Labute approximate surface area is 127 Å². The molecule has 1 aromatic rings. The molecule has 118 valence electrons. The zero-order valence-electron chi connectivity index (χ0n) is 13.5. The lowest BCUT2D eigenvalue weighted by Gasteiger charge is -2.23. The van der Waals surface area contributed by atoms with E-state index in [1.165, 1.54) is 0 Å². The maximum absolute atomic E-state index is 11.2. The smallest absolute Gasteiger partial charge is 0.308 e. The first kappa shape index (κ1) is 17.3. The fraction of sp³-hybridized carbons (Fsp3) is 0.625. The van der Waals surface area contributed by atoms with Gasteiger partial charge in [-0.25, -0.2) is 4.98 Å². The summed E-state index contributed by atoms with van der Waals surface area (Å²) >= 11 is 0. The fourth-order valence-electron chi connectivity index (χ4n) is 2.18. The topological polar surface area (TPSA) is 65.5 Å². The third-order valence-corrected chi connectivity index (χ3v) is 3.67. The van der Waals surface area contributed by atoms with Crippen LogP contribution in [0.15, 0.2) is 18.3 Å². The van der Waals surface area contributed by atoms with Crippen LogP contribution >= 0.6 is 0 Å². The number of aliphatic carboxylic acids is 1. The number of nitrogens with zero attached hydrogens (tertiary/aromatic N) is 2. The van der Waals surface area contributed by atoms with Gasteiger partial charge in [0.25, 0.3) is 0 Å². The Bertz CT molecular complexity index is 432. The summed E-state index contributed by atoms with van der Waals surface area (Å²) < 4.78 is 0. The maximum atomic E-state index is 11.2. The van der Waals surface area contributed by atoms with Crippen LogP contribution in [0.4, 0.5) is 11.5 Å². The number of carboxylic acids is 1. The zero-order chi connectivity index (χ0) is 15.8. The highest BCUT2D eigenvalue weighted by Gasteiger charge is 2.23. The number of anilines is 2. The molecule has 0 aromatic carbocycles. The molecule has 2 atom stereocenters. The summed E-state index contributed by atoms with van der Waals surface area (Å²) in [6.45, 7) is 3.90. The first-order valence-electron chi connectivity index (χ1n) is 7.58. The number of aromatic nitrogens is 1. The number of hydrogen-bond donors (Lipinski definition) is 2. The van der Waals surface area contributed by atoms with Gasteiger partial charge in [-0.3, -0.25) is 4.79 Å². The molecule has 0 aliphatic rings. The molecule has 0 aliphatic carbocycles. The Kier molecular flexibility index (Phi) is 6.99. The van der Waals surface area contributed by atoms with Gasteiger partial charge in [-0.15, -0.1) is 0 Å². The largest absolute Gasteiger partial charge is 0.481 e. The van der Waals surface area contributed by atoms with Gasteiger partial charge in [0.2, 0.25) is 0 Å². The number of carbonyl (C=O) groups is 1. The molecule has 0 radical (unpaired) electrons. The molecule has 5 nitrogen and oxygen atoms in total. The van der Waals surface area contributed by atoms with Crippen molar-refractivity contribution in [2.45, 2.75) is 45.6 Å². The summed E-state index contributed by atoms with van der Waals surface area (Å²) in [6, 6.07) is 3.81. The molecule has 1 rings (SSSR count). The number of hydrogen-bond acceptors (Lipinski definition) is 4. The summed E-state index contributed by atoms with van der Waals surface area (Å²) in [5.41, 5.74) is 0.871. The van der Waals surface area contributed by atoms with E-state index in [1.807, 2.05) is 31.1 Å². The predicted octanol–water partition coefficient (Wildman–Crippen LogP) is 3.23. The van der Waals surface area contributed by atoms with Gasteiger partial charge in [-0.2, -0.15) is 0 Å². The monoisotopic (exact) mass is 293 g/mol. The normalized spacial score (nSPS) is 13.5.